The number of fused-ring (bicyclic) bond motifs is 1. The number of aromatic amines is 1. The van der Waals surface area contributed by atoms with Gasteiger partial charge >= 0.3 is 5.97 Å². The van der Waals surface area contributed by atoms with Gasteiger partial charge in [-0.05, 0) is 42.0 Å². The molecule has 1 N–H and O–H groups in total. The van der Waals surface area contributed by atoms with Gasteiger partial charge < -0.3 is 9.72 Å². The van der Waals surface area contributed by atoms with E-state index in [1.807, 2.05) is 13.1 Å². The van der Waals surface area contributed by atoms with E-state index in [-0.39, 0.29) is 5.97 Å². The molecule has 2 aromatic rings. The second-order valence-electron chi connectivity index (χ2n) is 5.56. The Bertz CT molecular complexity index is 686. The number of ether oxygens (including phenoxy) is 1. The van der Waals surface area contributed by atoms with Crippen LogP contribution in [0, 0.1) is 0 Å². The fourth-order valence-corrected chi connectivity index (χ4v) is 3.90. The van der Waals surface area contributed by atoms with Crippen LogP contribution in [0.2, 0.25) is 0 Å². The van der Waals surface area contributed by atoms with E-state index in [2.05, 4.69) is 29.2 Å². The van der Waals surface area contributed by atoms with Crippen LogP contribution in [0.25, 0.3) is 0 Å². The van der Waals surface area contributed by atoms with Gasteiger partial charge in [0.05, 0.1) is 6.61 Å². The molecule has 1 aromatic carbocycles. The summed E-state index contributed by atoms with van der Waals surface area (Å²) in [5.41, 5.74) is 5.96. The summed E-state index contributed by atoms with van der Waals surface area (Å²) in [6.07, 6.45) is 4.31. The molecule has 102 valence electrons. The van der Waals surface area contributed by atoms with Crippen molar-refractivity contribution in [2.45, 2.75) is 31.6 Å². The Balaban J connectivity index is 1.87. The van der Waals surface area contributed by atoms with Crippen molar-refractivity contribution in [2.75, 3.05) is 6.61 Å². The zero-order valence-corrected chi connectivity index (χ0v) is 11.5. The van der Waals surface area contributed by atoms with Gasteiger partial charge in [-0.2, -0.15) is 0 Å². The van der Waals surface area contributed by atoms with Crippen molar-refractivity contribution in [3.8, 4) is 0 Å². The first kappa shape index (κ1) is 11.8. The van der Waals surface area contributed by atoms with Crippen molar-refractivity contribution in [2.24, 2.45) is 0 Å². The van der Waals surface area contributed by atoms with Gasteiger partial charge in [-0.15, -0.1) is 0 Å². The number of esters is 1. The van der Waals surface area contributed by atoms with E-state index in [1.54, 1.807) is 0 Å². The summed E-state index contributed by atoms with van der Waals surface area (Å²) in [6, 6.07) is 8.64. The molecule has 0 saturated carbocycles. The summed E-state index contributed by atoms with van der Waals surface area (Å²) in [6.45, 7) is 2.26. The number of benzene rings is 1. The Labute approximate surface area is 118 Å². The quantitative estimate of drug-likeness (QED) is 0.845. The van der Waals surface area contributed by atoms with Gasteiger partial charge in [0, 0.05) is 18.0 Å². The molecule has 0 spiro atoms. The molecule has 5 rings (SSSR count). The normalized spacial score (nSPS) is 22.2. The van der Waals surface area contributed by atoms with Gasteiger partial charge in [0.1, 0.15) is 5.69 Å². The molecule has 0 radical (unpaired) electrons. The van der Waals surface area contributed by atoms with Crippen LogP contribution in [0.1, 0.15) is 64.3 Å². The Morgan fingerprint density at radius 1 is 1.20 bits per heavy atom. The Morgan fingerprint density at radius 3 is 2.65 bits per heavy atom. The first-order valence-corrected chi connectivity index (χ1v) is 7.28. The molecular formula is C17H17NO2. The smallest absolute Gasteiger partial charge is 0.355 e. The van der Waals surface area contributed by atoms with Crippen molar-refractivity contribution in [3.63, 3.8) is 0 Å². The van der Waals surface area contributed by atoms with Crippen molar-refractivity contribution < 1.29 is 9.53 Å². The maximum atomic E-state index is 12.1. The van der Waals surface area contributed by atoms with E-state index >= 15 is 0 Å². The van der Waals surface area contributed by atoms with Gasteiger partial charge in [-0.1, -0.05) is 24.3 Å². The molecule has 2 bridgehead atoms. The van der Waals surface area contributed by atoms with E-state index in [0.29, 0.717) is 24.1 Å². The summed E-state index contributed by atoms with van der Waals surface area (Å²) in [5.74, 6) is 0.557. The molecule has 1 heterocycles. The largest absolute Gasteiger partial charge is 0.461 e. The lowest BCUT2D eigenvalue weighted by Gasteiger charge is -2.38. The van der Waals surface area contributed by atoms with Crippen LogP contribution in [0.15, 0.2) is 30.5 Å². The van der Waals surface area contributed by atoms with Crippen molar-refractivity contribution in [3.05, 3.63) is 58.4 Å². The third kappa shape index (κ3) is 1.43. The highest BCUT2D eigenvalue weighted by Crippen LogP contribution is 2.53. The minimum Gasteiger partial charge on any atom is -0.461 e. The minimum atomic E-state index is -0.223. The second kappa shape index (κ2) is 4.23. The second-order valence-corrected chi connectivity index (χ2v) is 5.56. The molecule has 2 atom stereocenters. The molecule has 3 aliphatic rings. The van der Waals surface area contributed by atoms with Gasteiger partial charge in [0.15, 0.2) is 0 Å². The fraction of sp³-hybridized carbons (Fsp3) is 0.353. The molecule has 3 nitrogen and oxygen atoms in total. The monoisotopic (exact) mass is 267 g/mol. The Kier molecular flexibility index (Phi) is 2.49. The van der Waals surface area contributed by atoms with Gasteiger partial charge in [0.25, 0.3) is 0 Å². The molecule has 3 aliphatic carbocycles. The number of rotatable bonds is 2. The average Bonchev–Trinajstić information content (AvgIpc) is 2.94. The van der Waals surface area contributed by atoms with Gasteiger partial charge in [-0.3, -0.25) is 0 Å². The minimum absolute atomic E-state index is 0.223. The maximum Gasteiger partial charge on any atom is 0.355 e. The molecule has 20 heavy (non-hydrogen) atoms. The lowest BCUT2D eigenvalue weighted by molar-refractivity contribution is 0.0518. The van der Waals surface area contributed by atoms with Crippen LogP contribution < -0.4 is 0 Å². The van der Waals surface area contributed by atoms with E-state index in [9.17, 15) is 4.79 Å². The third-order valence-corrected chi connectivity index (χ3v) is 4.65. The van der Waals surface area contributed by atoms with E-state index in [1.165, 1.54) is 28.7 Å². The zero-order chi connectivity index (χ0) is 13.7. The average molecular weight is 267 g/mol. The van der Waals surface area contributed by atoms with Crippen LogP contribution >= 0.6 is 0 Å². The lowest BCUT2D eigenvalue weighted by Crippen LogP contribution is -2.25. The zero-order valence-electron chi connectivity index (χ0n) is 11.5. The standard InChI is InChI=1S/C17H17NO2/c1-2-20-17(19)16-15-13-8-7-12(14(15)9-18-16)10-5-3-4-6-11(10)13/h3-6,9,12-13,18H,2,7-8H2,1H3/t12-,13+/m0/s1. The van der Waals surface area contributed by atoms with Crippen molar-refractivity contribution in [1.82, 2.24) is 4.98 Å². The van der Waals surface area contributed by atoms with Crippen LogP contribution in [0.3, 0.4) is 0 Å². The number of carbonyl (C=O) groups excluding carboxylic acids is 1. The summed E-state index contributed by atoms with van der Waals surface area (Å²) in [4.78, 5) is 15.3. The van der Waals surface area contributed by atoms with Crippen LogP contribution in [0.5, 0.6) is 0 Å². The number of hydrogen-bond acceptors (Lipinski definition) is 2. The molecule has 3 heteroatoms. The van der Waals surface area contributed by atoms with E-state index in [0.717, 1.165) is 6.42 Å². The van der Waals surface area contributed by atoms with Crippen LogP contribution in [-0.2, 0) is 4.74 Å². The predicted molar refractivity (Wildman–Crippen MR) is 76.1 cm³/mol. The highest BCUT2D eigenvalue weighted by molar-refractivity contribution is 5.90. The first-order valence-electron chi connectivity index (χ1n) is 7.28. The van der Waals surface area contributed by atoms with E-state index in [4.69, 9.17) is 4.74 Å². The van der Waals surface area contributed by atoms with Gasteiger partial charge in [-0.25, -0.2) is 4.79 Å². The van der Waals surface area contributed by atoms with Gasteiger partial charge in [0.2, 0.25) is 0 Å². The summed E-state index contributed by atoms with van der Waals surface area (Å²) < 4.78 is 5.18. The topological polar surface area (TPSA) is 42.1 Å². The molecular weight excluding hydrogens is 250 g/mol. The Morgan fingerprint density at radius 2 is 1.90 bits per heavy atom. The predicted octanol–water partition coefficient (Wildman–Crippen LogP) is 3.56. The molecule has 0 fully saturated rings. The van der Waals surface area contributed by atoms with Crippen LogP contribution in [-0.4, -0.2) is 17.6 Å². The molecule has 0 saturated heterocycles. The number of aromatic nitrogens is 1. The summed E-state index contributed by atoms with van der Waals surface area (Å²) >= 11 is 0. The summed E-state index contributed by atoms with van der Waals surface area (Å²) in [7, 11) is 0. The fourth-order valence-electron chi connectivity index (χ4n) is 3.90. The lowest BCUT2D eigenvalue weighted by atomic mass is 9.64. The number of hydrogen-bond donors (Lipinski definition) is 1. The van der Waals surface area contributed by atoms with Crippen molar-refractivity contribution in [1.29, 1.82) is 0 Å². The third-order valence-electron chi connectivity index (χ3n) is 4.65. The van der Waals surface area contributed by atoms with Crippen LogP contribution in [0.4, 0.5) is 0 Å². The highest BCUT2D eigenvalue weighted by atomic mass is 16.5. The molecule has 1 aromatic heterocycles. The SMILES string of the molecule is CCOC(=O)c1[nH]cc2c1[C@@H]1CC[C@H]2c2ccccc21. The number of H-pyrrole nitrogens is 1. The number of nitrogens with one attached hydrogen (secondary N) is 1. The van der Waals surface area contributed by atoms with E-state index < -0.39 is 0 Å². The maximum absolute atomic E-state index is 12.1. The van der Waals surface area contributed by atoms with Crippen molar-refractivity contribution >= 4 is 5.97 Å². The first-order chi connectivity index (χ1) is 9.81. The Hall–Kier alpha value is -2.03. The number of carbonyl (C=O) groups is 1. The molecule has 0 unspecified atom stereocenters. The summed E-state index contributed by atoms with van der Waals surface area (Å²) in [5, 5.41) is 0. The molecule has 0 amide bonds. The molecule has 0 aliphatic heterocycles. The highest BCUT2D eigenvalue weighted by Gasteiger charge is 2.40.